The predicted molar refractivity (Wildman–Crippen MR) is 79.5 cm³/mol. The van der Waals surface area contributed by atoms with Gasteiger partial charge in [0.25, 0.3) is 0 Å². The van der Waals surface area contributed by atoms with Crippen LogP contribution in [-0.4, -0.2) is 25.9 Å². The van der Waals surface area contributed by atoms with E-state index in [0.29, 0.717) is 21.4 Å². The Balaban J connectivity index is 0.00000162. The van der Waals surface area contributed by atoms with Gasteiger partial charge in [0.1, 0.15) is 22.7 Å². The molecule has 0 aliphatic carbocycles. The number of quaternary nitrogens is 1. The molecule has 0 radical (unpaired) electrons. The summed E-state index contributed by atoms with van der Waals surface area (Å²) in [5, 5.41) is 4.61. The molecule has 2 rings (SSSR count). The highest BCUT2D eigenvalue weighted by atomic mass is 35.5. The average molecular weight is 313 g/mol. The Morgan fingerprint density at radius 1 is 1.28 bits per heavy atom. The van der Waals surface area contributed by atoms with Gasteiger partial charge in [-0.1, -0.05) is 29.3 Å². The first-order valence-corrected chi connectivity index (χ1v) is 6.51. The Kier molecular flexibility index (Phi) is 5.71. The molecule has 1 N–H and O–H groups in total. The zero-order valence-corrected chi connectivity index (χ0v) is 12.8. The monoisotopic (exact) mass is 311 g/mol. The minimum absolute atomic E-state index is 0. The summed E-state index contributed by atoms with van der Waals surface area (Å²) in [6, 6.07) is 5.55. The topological polar surface area (TPSA) is 21.3 Å². The zero-order chi connectivity index (χ0) is 12.5. The zero-order valence-electron chi connectivity index (χ0n) is 10.5. The van der Waals surface area contributed by atoms with E-state index in [9.17, 15) is 0 Å². The highest BCUT2D eigenvalue weighted by Crippen LogP contribution is 2.39. The first kappa shape index (κ1) is 16.0. The van der Waals surface area contributed by atoms with E-state index < -0.39 is 0 Å². The molecule has 1 aromatic carbocycles. The number of nitrogens with one attached hydrogen (secondary N) is 1. The third-order valence-corrected chi connectivity index (χ3v) is 3.38. The molecule has 102 valence electrons. The number of hydrogen-bond donors (Lipinski definition) is 1. The first-order valence-electron chi connectivity index (χ1n) is 5.76. The van der Waals surface area contributed by atoms with Crippen molar-refractivity contribution in [3.05, 3.63) is 28.2 Å². The van der Waals surface area contributed by atoms with Gasteiger partial charge in [0, 0.05) is 0 Å². The minimum atomic E-state index is 0. The van der Waals surface area contributed by atoms with Crippen molar-refractivity contribution in [2.75, 3.05) is 19.8 Å². The van der Waals surface area contributed by atoms with E-state index in [1.165, 1.54) is 0 Å². The molecule has 18 heavy (non-hydrogen) atoms. The molecule has 1 heterocycles. The molecular formula is C12H18Cl3N2O+. The van der Waals surface area contributed by atoms with Crippen molar-refractivity contribution >= 4 is 41.3 Å². The van der Waals surface area contributed by atoms with Crippen LogP contribution < -0.4 is 9.96 Å². The van der Waals surface area contributed by atoms with Crippen molar-refractivity contribution < 1.29 is 4.84 Å². The van der Waals surface area contributed by atoms with Gasteiger partial charge in [-0.25, -0.2) is 0 Å². The fourth-order valence-electron chi connectivity index (χ4n) is 2.21. The molecule has 1 aliphatic rings. The Morgan fingerprint density at radius 2 is 1.89 bits per heavy atom. The largest absolute Gasteiger partial charge is 0.262 e. The first-order chi connectivity index (χ1) is 8.05. The molecule has 1 fully saturated rings. The van der Waals surface area contributed by atoms with Crippen LogP contribution in [0.25, 0.3) is 0 Å². The van der Waals surface area contributed by atoms with Crippen LogP contribution in [0.3, 0.4) is 0 Å². The van der Waals surface area contributed by atoms with E-state index in [2.05, 4.69) is 5.32 Å². The summed E-state index contributed by atoms with van der Waals surface area (Å²) in [7, 11) is 0. The number of benzene rings is 1. The maximum atomic E-state index is 6.27. The lowest BCUT2D eigenvalue weighted by atomic mass is 10.3. The molecular weight excluding hydrogens is 295 g/mol. The van der Waals surface area contributed by atoms with E-state index in [0.717, 1.165) is 18.8 Å². The van der Waals surface area contributed by atoms with Crippen LogP contribution in [0, 0.1) is 0 Å². The molecule has 1 aliphatic heterocycles. The van der Waals surface area contributed by atoms with Crippen molar-refractivity contribution in [3.63, 3.8) is 0 Å². The third kappa shape index (κ3) is 3.10. The minimum Gasteiger partial charge on any atom is -0.262 e. The maximum absolute atomic E-state index is 6.27. The summed E-state index contributed by atoms with van der Waals surface area (Å²) in [5.41, 5.74) is 0.856. The highest BCUT2D eigenvalue weighted by molar-refractivity contribution is 6.38. The Hall–Kier alpha value is -0.0300. The van der Waals surface area contributed by atoms with Crippen LogP contribution >= 0.6 is 35.6 Å². The van der Waals surface area contributed by atoms with Crippen LogP contribution in [0.2, 0.25) is 10.0 Å². The van der Waals surface area contributed by atoms with Gasteiger partial charge in [0.2, 0.25) is 5.69 Å². The molecule has 0 spiro atoms. The van der Waals surface area contributed by atoms with Gasteiger partial charge in [-0.15, -0.1) is 17.1 Å². The van der Waals surface area contributed by atoms with Gasteiger partial charge in [0.15, 0.2) is 6.67 Å². The Bertz CT molecular complexity index is 386. The van der Waals surface area contributed by atoms with E-state index in [4.69, 9.17) is 28.0 Å². The number of hydroxylamine groups is 2. The highest BCUT2D eigenvalue weighted by Gasteiger charge is 2.41. The summed E-state index contributed by atoms with van der Waals surface area (Å²) >= 11 is 12.5. The van der Waals surface area contributed by atoms with Crippen molar-refractivity contribution in [3.8, 4) is 0 Å². The molecule has 6 heteroatoms. The smallest absolute Gasteiger partial charge is 0.204 e. The Labute approximate surface area is 124 Å². The lowest BCUT2D eigenvalue weighted by Gasteiger charge is -2.32. The standard InChI is InChI=1S/C12H17Cl2N2O.ClH/c1-9(2)17-16(7-6-15-8-16)12-10(13)4-3-5-11(12)14;/h3-5,9,15H,6-8H2,1-2H3;1H/q+1;. The lowest BCUT2D eigenvalue weighted by Crippen LogP contribution is -2.50. The summed E-state index contributed by atoms with van der Waals surface area (Å²) in [6.07, 6.45) is 0.113. The molecule has 3 nitrogen and oxygen atoms in total. The van der Waals surface area contributed by atoms with E-state index >= 15 is 0 Å². The number of halogens is 3. The summed E-state index contributed by atoms with van der Waals surface area (Å²) in [4.78, 5) is 6.05. The van der Waals surface area contributed by atoms with Gasteiger partial charge in [-0.2, -0.15) is 4.84 Å². The van der Waals surface area contributed by atoms with E-state index in [-0.39, 0.29) is 18.5 Å². The van der Waals surface area contributed by atoms with Gasteiger partial charge in [-0.3, -0.25) is 5.32 Å². The molecule has 1 atom stereocenters. The van der Waals surface area contributed by atoms with Crippen LogP contribution in [0.15, 0.2) is 18.2 Å². The molecule has 1 unspecified atom stereocenters. The average Bonchev–Trinajstić information content (AvgIpc) is 2.65. The summed E-state index contributed by atoms with van der Waals surface area (Å²) in [6.45, 7) is 6.46. The van der Waals surface area contributed by atoms with Crippen LogP contribution in [0.1, 0.15) is 13.8 Å². The van der Waals surface area contributed by atoms with E-state index in [1.807, 2.05) is 32.0 Å². The van der Waals surface area contributed by atoms with Gasteiger partial charge in [0.05, 0.1) is 6.54 Å². The van der Waals surface area contributed by atoms with Crippen LogP contribution in [0.5, 0.6) is 0 Å². The molecule has 0 saturated carbocycles. The van der Waals surface area contributed by atoms with Crippen molar-refractivity contribution in [1.29, 1.82) is 0 Å². The molecule has 0 bridgehead atoms. The predicted octanol–water partition coefficient (Wildman–Crippen LogP) is 3.62. The SMILES string of the molecule is CC(C)O[N+]1(c2c(Cl)cccc2Cl)CCNC1.Cl. The van der Waals surface area contributed by atoms with Gasteiger partial charge in [-0.05, 0) is 26.0 Å². The third-order valence-electron chi connectivity index (χ3n) is 2.77. The van der Waals surface area contributed by atoms with Crippen LogP contribution in [-0.2, 0) is 4.84 Å². The summed E-state index contributed by atoms with van der Waals surface area (Å²) in [5.74, 6) is 0. The van der Waals surface area contributed by atoms with Crippen LogP contribution in [0.4, 0.5) is 5.69 Å². The second kappa shape index (κ2) is 6.42. The Morgan fingerprint density at radius 3 is 2.33 bits per heavy atom. The molecule has 1 saturated heterocycles. The normalized spacial score (nSPS) is 23.2. The number of nitrogens with zero attached hydrogens (tertiary/aromatic N) is 1. The van der Waals surface area contributed by atoms with Gasteiger partial charge >= 0.3 is 0 Å². The lowest BCUT2D eigenvalue weighted by molar-refractivity contribution is -0.163. The second-order valence-corrected chi connectivity index (χ2v) is 5.31. The fraction of sp³-hybridized carbons (Fsp3) is 0.500. The molecule has 1 aromatic rings. The molecule has 0 amide bonds. The quantitative estimate of drug-likeness (QED) is 0.861. The number of hydrogen-bond acceptors (Lipinski definition) is 2. The second-order valence-electron chi connectivity index (χ2n) is 4.50. The fourth-order valence-corrected chi connectivity index (χ4v) is 2.92. The van der Waals surface area contributed by atoms with Crippen molar-refractivity contribution in [1.82, 2.24) is 9.96 Å². The summed E-state index contributed by atoms with van der Waals surface area (Å²) < 4.78 is 0.357. The maximum Gasteiger partial charge on any atom is 0.204 e. The number of rotatable bonds is 3. The van der Waals surface area contributed by atoms with E-state index in [1.54, 1.807) is 0 Å². The molecule has 0 aromatic heterocycles. The van der Waals surface area contributed by atoms with Crippen molar-refractivity contribution in [2.45, 2.75) is 20.0 Å². The van der Waals surface area contributed by atoms with Gasteiger partial charge < -0.3 is 0 Å². The van der Waals surface area contributed by atoms with Crippen molar-refractivity contribution in [2.24, 2.45) is 0 Å². The number of para-hydroxylation sites is 1.